The first-order valence-electron chi connectivity index (χ1n) is 6.09. The Kier molecular flexibility index (Phi) is 6.25. The zero-order chi connectivity index (χ0) is 13.5. The van der Waals surface area contributed by atoms with E-state index in [1.54, 1.807) is 33.3 Å². The predicted octanol–water partition coefficient (Wildman–Crippen LogP) is 2.45. The molecular weight excluding hydrogens is 233 g/mol. The van der Waals surface area contributed by atoms with E-state index in [0.29, 0.717) is 18.7 Å². The molecule has 0 amide bonds. The molecule has 0 bridgehead atoms. The number of hydrogen-bond donors (Lipinski definition) is 1. The van der Waals surface area contributed by atoms with Gasteiger partial charge in [-0.15, -0.1) is 0 Å². The van der Waals surface area contributed by atoms with Gasteiger partial charge in [-0.3, -0.25) is 0 Å². The Hall–Kier alpha value is -0.970. The molecule has 0 saturated heterocycles. The van der Waals surface area contributed by atoms with Gasteiger partial charge in [0.1, 0.15) is 5.82 Å². The van der Waals surface area contributed by atoms with Gasteiger partial charge in [0.15, 0.2) is 0 Å². The van der Waals surface area contributed by atoms with Gasteiger partial charge in [0.25, 0.3) is 0 Å². The first kappa shape index (κ1) is 15.1. The van der Waals surface area contributed by atoms with Crippen LogP contribution in [-0.4, -0.2) is 33.5 Å². The van der Waals surface area contributed by atoms with Crippen molar-refractivity contribution in [2.45, 2.75) is 26.0 Å². The Morgan fingerprint density at radius 3 is 2.61 bits per heavy atom. The van der Waals surface area contributed by atoms with Gasteiger partial charge in [-0.05, 0) is 31.0 Å². The Labute approximate surface area is 108 Å². The molecule has 0 fully saturated rings. The number of halogens is 1. The number of hydrogen-bond acceptors (Lipinski definition) is 3. The van der Waals surface area contributed by atoms with E-state index in [1.165, 1.54) is 0 Å². The van der Waals surface area contributed by atoms with Gasteiger partial charge in [0.2, 0.25) is 0 Å². The maximum atomic E-state index is 13.5. The van der Waals surface area contributed by atoms with E-state index in [0.717, 1.165) is 5.56 Å². The van der Waals surface area contributed by atoms with Crippen molar-refractivity contribution in [3.05, 3.63) is 35.1 Å². The fraction of sp³-hybridized carbons (Fsp3) is 0.571. The average molecular weight is 255 g/mol. The molecule has 1 N–H and O–H groups in total. The molecule has 0 aromatic heterocycles. The molecule has 0 aliphatic heterocycles. The molecular formula is C14H22FNO2. The van der Waals surface area contributed by atoms with Crippen LogP contribution in [0, 0.1) is 12.7 Å². The zero-order valence-electron chi connectivity index (χ0n) is 11.5. The first-order chi connectivity index (χ1) is 8.58. The fourth-order valence-corrected chi connectivity index (χ4v) is 1.70. The summed E-state index contributed by atoms with van der Waals surface area (Å²) < 4.78 is 23.8. The SMILES string of the molecule is COCC(CNC(C)c1ccc(C)c(F)c1)OC. The number of aryl methyl sites for hydroxylation is 1. The van der Waals surface area contributed by atoms with Gasteiger partial charge in [-0.1, -0.05) is 12.1 Å². The summed E-state index contributed by atoms with van der Waals surface area (Å²) in [7, 11) is 3.30. The third-order valence-corrected chi connectivity index (χ3v) is 3.03. The third-order valence-electron chi connectivity index (χ3n) is 3.03. The standard InChI is InChI=1S/C14H22FNO2/c1-10-5-6-12(7-14(10)15)11(2)16-8-13(18-4)9-17-3/h5-7,11,13,16H,8-9H2,1-4H3. The van der Waals surface area contributed by atoms with Gasteiger partial charge in [-0.25, -0.2) is 4.39 Å². The summed E-state index contributed by atoms with van der Waals surface area (Å²) in [4.78, 5) is 0. The van der Waals surface area contributed by atoms with E-state index < -0.39 is 0 Å². The van der Waals surface area contributed by atoms with Crippen molar-refractivity contribution in [1.29, 1.82) is 0 Å². The lowest BCUT2D eigenvalue weighted by atomic mass is 10.1. The van der Waals surface area contributed by atoms with Crippen molar-refractivity contribution in [2.75, 3.05) is 27.4 Å². The quantitative estimate of drug-likeness (QED) is 0.812. The minimum absolute atomic E-state index is 0.00717. The second-order valence-corrected chi connectivity index (χ2v) is 4.45. The van der Waals surface area contributed by atoms with Gasteiger partial charge < -0.3 is 14.8 Å². The van der Waals surface area contributed by atoms with Crippen LogP contribution in [0.2, 0.25) is 0 Å². The van der Waals surface area contributed by atoms with Crippen LogP contribution in [0.3, 0.4) is 0 Å². The highest BCUT2D eigenvalue weighted by Gasteiger charge is 2.11. The normalized spacial score (nSPS) is 14.5. The topological polar surface area (TPSA) is 30.5 Å². The fourth-order valence-electron chi connectivity index (χ4n) is 1.70. The van der Waals surface area contributed by atoms with E-state index in [1.807, 2.05) is 13.0 Å². The summed E-state index contributed by atoms with van der Waals surface area (Å²) in [6.07, 6.45) is 0.00717. The van der Waals surface area contributed by atoms with Crippen molar-refractivity contribution in [3.63, 3.8) is 0 Å². The number of rotatable bonds is 7. The van der Waals surface area contributed by atoms with E-state index in [4.69, 9.17) is 9.47 Å². The molecule has 1 aromatic rings. The zero-order valence-corrected chi connectivity index (χ0v) is 11.5. The number of nitrogens with one attached hydrogen (secondary N) is 1. The third kappa shape index (κ3) is 4.37. The Bertz CT molecular complexity index is 371. The number of ether oxygens (including phenoxy) is 2. The first-order valence-corrected chi connectivity index (χ1v) is 6.09. The molecule has 4 heteroatoms. The summed E-state index contributed by atoms with van der Waals surface area (Å²) >= 11 is 0. The molecule has 102 valence electrons. The molecule has 0 saturated carbocycles. The van der Waals surface area contributed by atoms with Crippen LogP contribution in [0.15, 0.2) is 18.2 Å². The monoisotopic (exact) mass is 255 g/mol. The molecule has 1 aromatic carbocycles. The second-order valence-electron chi connectivity index (χ2n) is 4.45. The van der Waals surface area contributed by atoms with E-state index in [2.05, 4.69) is 5.32 Å². The molecule has 2 atom stereocenters. The minimum Gasteiger partial charge on any atom is -0.382 e. The molecule has 0 aliphatic rings. The van der Waals surface area contributed by atoms with E-state index in [9.17, 15) is 4.39 Å². The number of methoxy groups -OCH3 is 2. The van der Waals surface area contributed by atoms with Crippen LogP contribution >= 0.6 is 0 Å². The van der Waals surface area contributed by atoms with Crippen LogP contribution in [0.5, 0.6) is 0 Å². The maximum absolute atomic E-state index is 13.5. The van der Waals surface area contributed by atoms with Crippen molar-refractivity contribution in [3.8, 4) is 0 Å². The molecule has 0 radical (unpaired) electrons. The Morgan fingerprint density at radius 2 is 2.06 bits per heavy atom. The minimum atomic E-state index is -0.165. The van der Waals surface area contributed by atoms with Crippen molar-refractivity contribution in [1.82, 2.24) is 5.32 Å². The highest BCUT2D eigenvalue weighted by Crippen LogP contribution is 2.16. The highest BCUT2D eigenvalue weighted by molar-refractivity contribution is 5.25. The summed E-state index contributed by atoms with van der Waals surface area (Å²) in [6, 6.07) is 5.39. The lowest BCUT2D eigenvalue weighted by Crippen LogP contribution is -2.33. The molecule has 3 nitrogen and oxygen atoms in total. The summed E-state index contributed by atoms with van der Waals surface area (Å²) in [6.45, 7) is 4.97. The molecule has 1 rings (SSSR count). The van der Waals surface area contributed by atoms with Crippen molar-refractivity contribution < 1.29 is 13.9 Å². The van der Waals surface area contributed by atoms with Gasteiger partial charge in [-0.2, -0.15) is 0 Å². The summed E-state index contributed by atoms with van der Waals surface area (Å²) in [5.41, 5.74) is 1.60. The lowest BCUT2D eigenvalue weighted by Gasteiger charge is -2.19. The van der Waals surface area contributed by atoms with Crippen LogP contribution in [0.1, 0.15) is 24.1 Å². The van der Waals surface area contributed by atoms with E-state index in [-0.39, 0.29) is 18.0 Å². The summed E-state index contributed by atoms with van der Waals surface area (Å²) in [5, 5.41) is 3.31. The van der Waals surface area contributed by atoms with Gasteiger partial charge >= 0.3 is 0 Å². The van der Waals surface area contributed by atoms with Crippen LogP contribution in [0.4, 0.5) is 4.39 Å². The molecule has 18 heavy (non-hydrogen) atoms. The predicted molar refractivity (Wildman–Crippen MR) is 70.2 cm³/mol. The Morgan fingerprint density at radius 1 is 1.33 bits per heavy atom. The van der Waals surface area contributed by atoms with E-state index >= 15 is 0 Å². The molecule has 0 heterocycles. The van der Waals surface area contributed by atoms with Crippen molar-refractivity contribution >= 4 is 0 Å². The summed E-state index contributed by atoms with van der Waals surface area (Å²) in [5.74, 6) is -0.165. The average Bonchev–Trinajstić information content (AvgIpc) is 2.37. The van der Waals surface area contributed by atoms with Gasteiger partial charge in [0.05, 0.1) is 12.7 Å². The molecule has 0 aliphatic carbocycles. The largest absolute Gasteiger partial charge is 0.382 e. The second kappa shape index (κ2) is 7.46. The van der Waals surface area contributed by atoms with Crippen LogP contribution < -0.4 is 5.32 Å². The van der Waals surface area contributed by atoms with Gasteiger partial charge in [0, 0.05) is 26.8 Å². The van der Waals surface area contributed by atoms with Crippen LogP contribution in [0.25, 0.3) is 0 Å². The Balaban J connectivity index is 2.53. The smallest absolute Gasteiger partial charge is 0.126 e. The maximum Gasteiger partial charge on any atom is 0.126 e. The van der Waals surface area contributed by atoms with Crippen LogP contribution in [-0.2, 0) is 9.47 Å². The molecule has 0 spiro atoms. The molecule has 2 unspecified atom stereocenters. The highest BCUT2D eigenvalue weighted by atomic mass is 19.1. The lowest BCUT2D eigenvalue weighted by molar-refractivity contribution is 0.0276. The number of benzene rings is 1. The van der Waals surface area contributed by atoms with Crippen molar-refractivity contribution in [2.24, 2.45) is 0 Å².